The van der Waals surface area contributed by atoms with Crippen molar-refractivity contribution >= 4 is 81.7 Å². The number of hydrogen-bond acceptors (Lipinski definition) is 0. The first-order valence-electron chi connectivity index (χ1n) is 17.6. The van der Waals surface area contributed by atoms with Crippen LogP contribution in [0.4, 0.5) is 0 Å². The first-order valence-corrected chi connectivity index (χ1v) is 17.6. The zero-order chi connectivity index (χ0) is 33.2. The molecule has 51 heavy (non-hydrogen) atoms. The summed E-state index contributed by atoms with van der Waals surface area (Å²) in [7, 11) is 0. The summed E-state index contributed by atoms with van der Waals surface area (Å²) in [5.74, 6) is 0. The maximum atomic E-state index is 2.47. The van der Waals surface area contributed by atoms with Gasteiger partial charge in [0.15, 0.2) is 0 Å². The highest BCUT2D eigenvalue weighted by atomic mass is 15.0. The van der Waals surface area contributed by atoms with E-state index in [4.69, 9.17) is 0 Å². The predicted octanol–water partition coefficient (Wildman–Crippen LogP) is 12.7. The molecule has 3 nitrogen and oxygen atoms in total. The Morgan fingerprint density at radius 1 is 0.255 bits per heavy atom. The summed E-state index contributed by atoms with van der Waals surface area (Å²) in [4.78, 5) is 0. The van der Waals surface area contributed by atoms with Gasteiger partial charge < -0.3 is 13.5 Å². The third-order valence-corrected chi connectivity index (χ3v) is 11.2. The number of rotatable bonds is 3. The molecule has 4 aromatic heterocycles. The van der Waals surface area contributed by atoms with Crippen molar-refractivity contribution in [2.24, 2.45) is 0 Å². The standard InChI is InChI=1S/C48H29N3/c1-2-11-32(12-3-1)49-42-18-7-4-14-35(42)38-26-23-33(29-47(38)49)50-43-19-8-5-13-34(43)37-24-21-30(27-45(37)50)31-22-25-39-41-17-10-16-40-36-15-6-9-20-44(36)51(48(40)41)46(39)28-31/h1-29H. The number of fused-ring (bicyclic) bond motifs is 12. The van der Waals surface area contributed by atoms with Gasteiger partial charge in [-0.05, 0) is 65.7 Å². The van der Waals surface area contributed by atoms with E-state index in [1.54, 1.807) is 0 Å². The Hall–Kier alpha value is -6.84. The SMILES string of the molecule is c1ccc(-n2c3ccccc3c3ccc(-n4c5ccccc5c5ccc(-c6ccc7c8cccc9c%10ccccc%10n(c7c6)c98)cc54)cc32)cc1. The van der Waals surface area contributed by atoms with Crippen LogP contribution in [-0.2, 0) is 0 Å². The van der Waals surface area contributed by atoms with Gasteiger partial charge in [0.05, 0.1) is 38.6 Å². The maximum absolute atomic E-state index is 2.47. The van der Waals surface area contributed by atoms with Crippen molar-refractivity contribution in [3.63, 3.8) is 0 Å². The molecule has 0 unspecified atom stereocenters. The van der Waals surface area contributed by atoms with Crippen LogP contribution in [-0.4, -0.2) is 13.5 Å². The Morgan fingerprint density at radius 2 is 0.706 bits per heavy atom. The number of hydrogen-bond donors (Lipinski definition) is 0. The second kappa shape index (κ2) is 9.87. The highest BCUT2D eigenvalue weighted by molar-refractivity contribution is 6.23. The normalized spacial score (nSPS) is 12.3. The average molecular weight is 648 g/mol. The molecule has 12 aromatic rings. The highest BCUT2D eigenvalue weighted by Gasteiger charge is 2.19. The third-order valence-electron chi connectivity index (χ3n) is 11.2. The van der Waals surface area contributed by atoms with Crippen molar-refractivity contribution < 1.29 is 0 Å². The van der Waals surface area contributed by atoms with E-state index in [-0.39, 0.29) is 0 Å². The number of para-hydroxylation sites is 5. The summed E-state index contributed by atoms with van der Waals surface area (Å²) in [5.41, 5.74) is 13.4. The van der Waals surface area contributed by atoms with Gasteiger partial charge in [0.25, 0.3) is 0 Å². The van der Waals surface area contributed by atoms with E-state index in [9.17, 15) is 0 Å². The first-order chi connectivity index (χ1) is 25.3. The van der Waals surface area contributed by atoms with Gasteiger partial charge >= 0.3 is 0 Å². The largest absolute Gasteiger partial charge is 0.309 e. The summed E-state index contributed by atoms with van der Waals surface area (Å²) in [6.07, 6.45) is 0. The van der Waals surface area contributed by atoms with Gasteiger partial charge in [0.2, 0.25) is 0 Å². The zero-order valence-corrected chi connectivity index (χ0v) is 27.6. The van der Waals surface area contributed by atoms with Crippen molar-refractivity contribution in [3.05, 3.63) is 176 Å². The minimum atomic E-state index is 1.15. The Balaban J connectivity index is 1.12. The molecule has 3 heteroatoms. The molecule has 0 aliphatic heterocycles. The number of nitrogens with zero attached hydrogens (tertiary/aromatic N) is 3. The van der Waals surface area contributed by atoms with Crippen molar-refractivity contribution in [1.82, 2.24) is 13.5 Å². The summed E-state index contributed by atoms with van der Waals surface area (Å²) in [6, 6.07) is 64.7. The van der Waals surface area contributed by atoms with Gasteiger partial charge in [-0.2, -0.15) is 0 Å². The fourth-order valence-electron chi connectivity index (χ4n) is 8.99. The van der Waals surface area contributed by atoms with Crippen LogP contribution in [0.5, 0.6) is 0 Å². The molecule has 4 heterocycles. The van der Waals surface area contributed by atoms with E-state index in [0.717, 1.165) is 11.4 Å². The molecule has 0 amide bonds. The van der Waals surface area contributed by atoms with Crippen LogP contribution in [0.25, 0.3) is 104 Å². The van der Waals surface area contributed by atoms with Crippen molar-refractivity contribution in [2.75, 3.05) is 0 Å². The molecular weight excluding hydrogens is 619 g/mol. The van der Waals surface area contributed by atoms with Crippen molar-refractivity contribution in [2.45, 2.75) is 0 Å². The molecule has 0 spiro atoms. The van der Waals surface area contributed by atoms with Crippen LogP contribution in [0.3, 0.4) is 0 Å². The van der Waals surface area contributed by atoms with Gasteiger partial charge in [0, 0.05) is 54.5 Å². The van der Waals surface area contributed by atoms with Crippen LogP contribution < -0.4 is 0 Å². The predicted molar refractivity (Wildman–Crippen MR) is 215 cm³/mol. The van der Waals surface area contributed by atoms with Crippen LogP contribution in [0.2, 0.25) is 0 Å². The lowest BCUT2D eigenvalue weighted by Crippen LogP contribution is -1.97. The van der Waals surface area contributed by atoms with Crippen LogP contribution in [0.15, 0.2) is 176 Å². The van der Waals surface area contributed by atoms with Gasteiger partial charge in [-0.1, -0.05) is 121 Å². The third kappa shape index (κ3) is 3.57. The molecule has 236 valence electrons. The van der Waals surface area contributed by atoms with Crippen molar-refractivity contribution in [3.8, 4) is 22.5 Å². The number of benzene rings is 8. The van der Waals surface area contributed by atoms with E-state index >= 15 is 0 Å². The molecule has 0 atom stereocenters. The number of aromatic nitrogens is 3. The molecular formula is C48H29N3. The first kappa shape index (κ1) is 27.0. The molecule has 0 saturated heterocycles. The van der Waals surface area contributed by atoms with Crippen LogP contribution >= 0.6 is 0 Å². The van der Waals surface area contributed by atoms with E-state index in [2.05, 4.69) is 189 Å². The lowest BCUT2D eigenvalue weighted by atomic mass is 10.0. The molecule has 0 bridgehead atoms. The van der Waals surface area contributed by atoms with E-state index < -0.39 is 0 Å². The minimum Gasteiger partial charge on any atom is -0.309 e. The smallest absolute Gasteiger partial charge is 0.0620 e. The van der Waals surface area contributed by atoms with E-state index in [1.807, 2.05) is 0 Å². The van der Waals surface area contributed by atoms with E-state index in [1.165, 1.54) is 92.8 Å². The highest BCUT2D eigenvalue weighted by Crippen LogP contribution is 2.42. The summed E-state index contributed by atoms with van der Waals surface area (Å²) in [5, 5.41) is 10.3. The second-order valence-corrected chi connectivity index (χ2v) is 13.8. The lowest BCUT2D eigenvalue weighted by Gasteiger charge is -2.12. The van der Waals surface area contributed by atoms with E-state index in [0.29, 0.717) is 0 Å². The molecule has 0 radical (unpaired) electrons. The summed E-state index contributed by atoms with van der Waals surface area (Å²) >= 11 is 0. The fourth-order valence-corrected chi connectivity index (χ4v) is 8.99. The van der Waals surface area contributed by atoms with Crippen LogP contribution in [0.1, 0.15) is 0 Å². The molecule has 0 saturated carbocycles. The maximum Gasteiger partial charge on any atom is 0.0620 e. The molecule has 0 fully saturated rings. The zero-order valence-electron chi connectivity index (χ0n) is 27.6. The monoisotopic (exact) mass is 647 g/mol. The molecule has 0 N–H and O–H groups in total. The Morgan fingerprint density at radius 3 is 1.37 bits per heavy atom. The van der Waals surface area contributed by atoms with Gasteiger partial charge in [0.1, 0.15) is 0 Å². The Bertz CT molecular complexity index is 3360. The van der Waals surface area contributed by atoms with Gasteiger partial charge in [-0.15, -0.1) is 0 Å². The molecule has 8 aromatic carbocycles. The molecule has 0 aliphatic rings. The Labute approximate surface area is 292 Å². The molecule has 0 aliphatic carbocycles. The quantitative estimate of drug-likeness (QED) is 0.181. The fraction of sp³-hybridized carbons (Fsp3) is 0. The van der Waals surface area contributed by atoms with Crippen LogP contribution in [0, 0.1) is 0 Å². The Kier molecular flexibility index (Phi) is 5.23. The lowest BCUT2D eigenvalue weighted by molar-refractivity contribution is 1.15. The summed E-state index contributed by atoms with van der Waals surface area (Å²) in [6.45, 7) is 0. The van der Waals surface area contributed by atoms with Gasteiger partial charge in [-0.25, -0.2) is 0 Å². The van der Waals surface area contributed by atoms with Gasteiger partial charge in [-0.3, -0.25) is 0 Å². The summed E-state index contributed by atoms with van der Waals surface area (Å²) < 4.78 is 7.32. The van der Waals surface area contributed by atoms with Crippen molar-refractivity contribution in [1.29, 1.82) is 0 Å². The topological polar surface area (TPSA) is 14.3 Å². The molecule has 12 rings (SSSR count). The second-order valence-electron chi connectivity index (χ2n) is 13.8. The average Bonchev–Trinajstić information content (AvgIpc) is 3.92. The minimum absolute atomic E-state index is 1.15.